The summed E-state index contributed by atoms with van der Waals surface area (Å²) < 4.78 is 0. The summed E-state index contributed by atoms with van der Waals surface area (Å²) in [4.78, 5) is 7.14. The predicted molar refractivity (Wildman–Crippen MR) is 62.0 cm³/mol. The van der Waals surface area contributed by atoms with Gasteiger partial charge in [0, 0.05) is 6.61 Å². The van der Waals surface area contributed by atoms with Crippen LogP contribution in [0.1, 0.15) is 25.3 Å². The van der Waals surface area contributed by atoms with Gasteiger partial charge >= 0.3 is 0 Å². The Hall–Kier alpha value is -1.39. The number of nitrogens with one attached hydrogen (secondary N) is 1. The van der Waals surface area contributed by atoms with Gasteiger partial charge in [0.2, 0.25) is 0 Å². The second-order valence-electron chi connectivity index (χ2n) is 4.24. The SMILES string of the molecule is CC(O)(CCCO)c1ccc2nc[nH]c2c1. The molecule has 2 rings (SSSR count). The van der Waals surface area contributed by atoms with E-state index in [9.17, 15) is 5.11 Å². The van der Waals surface area contributed by atoms with E-state index in [1.807, 2.05) is 18.2 Å². The first-order valence-electron chi connectivity index (χ1n) is 5.40. The van der Waals surface area contributed by atoms with Gasteiger partial charge in [-0.1, -0.05) is 6.07 Å². The Kier molecular flexibility index (Phi) is 2.94. The van der Waals surface area contributed by atoms with Crippen LogP contribution in [0.25, 0.3) is 11.0 Å². The van der Waals surface area contributed by atoms with Gasteiger partial charge in [0.15, 0.2) is 0 Å². The zero-order chi connectivity index (χ0) is 11.6. The topological polar surface area (TPSA) is 69.1 Å². The molecule has 1 heterocycles. The molecule has 0 aliphatic heterocycles. The minimum Gasteiger partial charge on any atom is -0.396 e. The van der Waals surface area contributed by atoms with Crippen LogP contribution in [0.15, 0.2) is 24.5 Å². The number of imidazole rings is 1. The molecule has 0 spiro atoms. The fourth-order valence-electron chi connectivity index (χ4n) is 1.84. The van der Waals surface area contributed by atoms with E-state index in [1.165, 1.54) is 0 Å². The number of aromatic amines is 1. The summed E-state index contributed by atoms with van der Waals surface area (Å²) >= 11 is 0. The fraction of sp³-hybridized carbons (Fsp3) is 0.417. The molecular formula is C12H16N2O2. The van der Waals surface area contributed by atoms with E-state index in [1.54, 1.807) is 13.3 Å². The van der Waals surface area contributed by atoms with E-state index < -0.39 is 5.60 Å². The van der Waals surface area contributed by atoms with Crippen molar-refractivity contribution in [3.05, 3.63) is 30.1 Å². The van der Waals surface area contributed by atoms with Gasteiger partial charge in [0.25, 0.3) is 0 Å². The Morgan fingerprint density at radius 3 is 3.00 bits per heavy atom. The molecule has 0 aliphatic carbocycles. The third-order valence-corrected chi connectivity index (χ3v) is 2.86. The number of fused-ring (bicyclic) bond motifs is 1. The maximum atomic E-state index is 10.3. The summed E-state index contributed by atoms with van der Waals surface area (Å²) in [6, 6.07) is 5.66. The van der Waals surface area contributed by atoms with Crippen molar-refractivity contribution in [2.75, 3.05) is 6.61 Å². The van der Waals surface area contributed by atoms with Gasteiger partial charge in [-0.05, 0) is 37.5 Å². The highest BCUT2D eigenvalue weighted by Gasteiger charge is 2.22. The average Bonchev–Trinajstić information content (AvgIpc) is 2.73. The van der Waals surface area contributed by atoms with E-state index in [0.29, 0.717) is 12.8 Å². The lowest BCUT2D eigenvalue weighted by atomic mass is 9.91. The summed E-state index contributed by atoms with van der Waals surface area (Å²) in [6.45, 7) is 1.86. The van der Waals surface area contributed by atoms with Crippen molar-refractivity contribution in [1.29, 1.82) is 0 Å². The number of benzene rings is 1. The van der Waals surface area contributed by atoms with E-state index in [-0.39, 0.29) is 6.61 Å². The van der Waals surface area contributed by atoms with Crippen LogP contribution in [-0.2, 0) is 5.60 Å². The van der Waals surface area contributed by atoms with Gasteiger partial charge < -0.3 is 15.2 Å². The quantitative estimate of drug-likeness (QED) is 0.732. The zero-order valence-electron chi connectivity index (χ0n) is 9.27. The summed E-state index contributed by atoms with van der Waals surface area (Å²) in [7, 11) is 0. The minimum absolute atomic E-state index is 0.0997. The normalized spacial score (nSPS) is 15.2. The van der Waals surface area contributed by atoms with E-state index in [2.05, 4.69) is 9.97 Å². The molecular weight excluding hydrogens is 204 g/mol. The monoisotopic (exact) mass is 220 g/mol. The van der Waals surface area contributed by atoms with Crippen LogP contribution in [-0.4, -0.2) is 26.8 Å². The lowest BCUT2D eigenvalue weighted by Gasteiger charge is -2.23. The molecule has 86 valence electrons. The van der Waals surface area contributed by atoms with Crippen molar-refractivity contribution in [2.45, 2.75) is 25.4 Å². The van der Waals surface area contributed by atoms with E-state index in [4.69, 9.17) is 5.11 Å². The minimum atomic E-state index is -0.901. The predicted octanol–water partition coefficient (Wildman–Crippen LogP) is 1.54. The Balaban J connectivity index is 2.30. The Morgan fingerprint density at radius 2 is 2.25 bits per heavy atom. The van der Waals surface area contributed by atoms with Crippen LogP contribution in [0.2, 0.25) is 0 Å². The highest BCUT2D eigenvalue weighted by molar-refractivity contribution is 5.75. The standard InChI is InChI=1S/C12H16N2O2/c1-12(16,5-2-6-15)9-3-4-10-11(7-9)14-8-13-10/h3-4,7-8,15-16H,2,5-6H2,1H3,(H,13,14). The lowest BCUT2D eigenvalue weighted by molar-refractivity contribution is 0.0404. The van der Waals surface area contributed by atoms with Gasteiger partial charge in [-0.15, -0.1) is 0 Å². The Morgan fingerprint density at radius 1 is 1.44 bits per heavy atom. The molecule has 16 heavy (non-hydrogen) atoms. The van der Waals surface area contributed by atoms with Crippen molar-refractivity contribution in [3.63, 3.8) is 0 Å². The van der Waals surface area contributed by atoms with Crippen molar-refractivity contribution in [1.82, 2.24) is 9.97 Å². The molecule has 2 aromatic rings. The Bertz CT molecular complexity index is 477. The first-order valence-corrected chi connectivity index (χ1v) is 5.40. The lowest BCUT2D eigenvalue weighted by Crippen LogP contribution is -2.21. The largest absolute Gasteiger partial charge is 0.396 e. The molecule has 0 saturated heterocycles. The third-order valence-electron chi connectivity index (χ3n) is 2.86. The van der Waals surface area contributed by atoms with Gasteiger partial charge in [-0.2, -0.15) is 0 Å². The number of hydrogen-bond acceptors (Lipinski definition) is 3. The fourth-order valence-corrected chi connectivity index (χ4v) is 1.84. The smallest absolute Gasteiger partial charge is 0.0931 e. The summed E-state index contributed by atoms with van der Waals surface area (Å²) in [5.41, 5.74) is 1.75. The van der Waals surface area contributed by atoms with Crippen LogP contribution in [0.3, 0.4) is 0 Å². The number of hydrogen-bond donors (Lipinski definition) is 3. The van der Waals surface area contributed by atoms with Gasteiger partial charge in [0.1, 0.15) is 0 Å². The van der Waals surface area contributed by atoms with E-state index >= 15 is 0 Å². The van der Waals surface area contributed by atoms with Crippen LogP contribution in [0.4, 0.5) is 0 Å². The second-order valence-corrected chi connectivity index (χ2v) is 4.24. The first kappa shape index (κ1) is 11.1. The molecule has 0 amide bonds. The highest BCUT2D eigenvalue weighted by atomic mass is 16.3. The molecule has 0 aliphatic rings. The molecule has 1 atom stereocenters. The molecule has 0 fully saturated rings. The molecule has 1 aromatic heterocycles. The highest BCUT2D eigenvalue weighted by Crippen LogP contribution is 2.27. The summed E-state index contributed by atoms with van der Waals surface area (Å²) in [5, 5.41) is 19.1. The van der Waals surface area contributed by atoms with Crippen molar-refractivity contribution in [3.8, 4) is 0 Å². The molecule has 3 N–H and O–H groups in total. The van der Waals surface area contributed by atoms with Crippen molar-refractivity contribution >= 4 is 11.0 Å². The van der Waals surface area contributed by atoms with Crippen LogP contribution < -0.4 is 0 Å². The van der Waals surface area contributed by atoms with Crippen LogP contribution in [0, 0.1) is 0 Å². The second kappa shape index (κ2) is 4.23. The molecule has 0 bridgehead atoms. The average molecular weight is 220 g/mol. The molecule has 4 heteroatoms. The number of rotatable bonds is 4. The van der Waals surface area contributed by atoms with Crippen LogP contribution in [0.5, 0.6) is 0 Å². The van der Waals surface area contributed by atoms with Gasteiger partial charge in [-0.3, -0.25) is 0 Å². The molecule has 0 radical (unpaired) electrons. The molecule has 1 unspecified atom stereocenters. The molecule has 4 nitrogen and oxygen atoms in total. The maximum Gasteiger partial charge on any atom is 0.0931 e. The third kappa shape index (κ3) is 2.08. The number of H-pyrrole nitrogens is 1. The molecule has 1 aromatic carbocycles. The van der Waals surface area contributed by atoms with Gasteiger partial charge in [-0.25, -0.2) is 4.98 Å². The number of aromatic nitrogens is 2. The summed E-state index contributed by atoms with van der Waals surface area (Å²) in [5.74, 6) is 0. The number of aliphatic hydroxyl groups is 2. The number of nitrogens with zero attached hydrogens (tertiary/aromatic N) is 1. The zero-order valence-corrected chi connectivity index (χ0v) is 9.27. The van der Waals surface area contributed by atoms with Crippen LogP contribution >= 0.6 is 0 Å². The van der Waals surface area contributed by atoms with Crippen molar-refractivity contribution < 1.29 is 10.2 Å². The van der Waals surface area contributed by atoms with Crippen molar-refractivity contribution in [2.24, 2.45) is 0 Å². The number of aliphatic hydroxyl groups excluding tert-OH is 1. The first-order chi connectivity index (χ1) is 7.63. The maximum absolute atomic E-state index is 10.3. The van der Waals surface area contributed by atoms with Gasteiger partial charge in [0.05, 0.1) is 23.0 Å². The summed E-state index contributed by atoms with van der Waals surface area (Å²) in [6.07, 6.45) is 2.77. The Labute approximate surface area is 94.0 Å². The van der Waals surface area contributed by atoms with E-state index in [0.717, 1.165) is 16.6 Å². The molecule has 0 saturated carbocycles.